The summed E-state index contributed by atoms with van der Waals surface area (Å²) in [4.78, 5) is 2.66. The van der Waals surface area contributed by atoms with Crippen LogP contribution in [0.5, 0.6) is 0 Å². The van der Waals surface area contributed by atoms with E-state index in [0.717, 1.165) is 12.0 Å². The van der Waals surface area contributed by atoms with Gasteiger partial charge in [0.15, 0.2) is 0 Å². The van der Waals surface area contributed by atoms with Crippen LogP contribution in [0.15, 0.2) is 18.2 Å². The van der Waals surface area contributed by atoms with Crippen molar-refractivity contribution in [3.63, 3.8) is 0 Å². The van der Waals surface area contributed by atoms with Crippen molar-refractivity contribution in [2.45, 2.75) is 58.5 Å². The topological polar surface area (TPSA) is 15.3 Å². The van der Waals surface area contributed by atoms with Crippen LogP contribution >= 0.6 is 0 Å². The average Bonchev–Trinajstić information content (AvgIpc) is 3.32. The van der Waals surface area contributed by atoms with Crippen LogP contribution in [0.25, 0.3) is 0 Å². The molecule has 1 heterocycles. The van der Waals surface area contributed by atoms with Gasteiger partial charge in [-0.25, -0.2) is 0 Å². The lowest BCUT2D eigenvalue weighted by atomic mass is 9.96. The quantitative estimate of drug-likeness (QED) is 0.885. The summed E-state index contributed by atoms with van der Waals surface area (Å²) in [6.07, 6.45) is 5.52. The lowest BCUT2D eigenvalue weighted by Crippen LogP contribution is -2.43. The first-order chi connectivity index (χ1) is 10.1. The second-order valence-electron chi connectivity index (χ2n) is 7.20. The molecule has 1 aliphatic heterocycles. The van der Waals surface area contributed by atoms with Crippen molar-refractivity contribution in [3.8, 4) is 0 Å². The molecule has 21 heavy (non-hydrogen) atoms. The summed E-state index contributed by atoms with van der Waals surface area (Å²) in [7, 11) is 0. The van der Waals surface area contributed by atoms with Gasteiger partial charge < -0.3 is 5.32 Å². The van der Waals surface area contributed by atoms with Gasteiger partial charge in [-0.05, 0) is 70.0 Å². The fourth-order valence-electron chi connectivity index (χ4n) is 3.55. The average molecular weight is 286 g/mol. The molecule has 116 valence electrons. The highest BCUT2D eigenvalue weighted by Gasteiger charge is 2.26. The summed E-state index contributed by atoms with van der Waals surface area (Å²) in [6, 6.07) is 8.17. The minimum absolute atomic E-state index is 0.550. The molecular formula is C19H30N2. The smallest absolute Gasteiger partial charge is 0.0322 e. The SMILES string of the molecule is Cc1ccc(C)c(C(C)N2CCC(NCC3CC3)CC2)c1. The van der Waals surface area contributed by atoms with Crippen molar-refractivity contribution in [1.29, 1.82) is 0 Å². The van der Waals surface area contributed by atoms with Crippen molar-refractivity contribution in [2.75, 3.05) is 19.6 Å². The monoisotopic (exact) mass is 286 g/mol. The Kier molecular flexibility index (Phi) is 4.66. The predicted octanol–water partition coefficient (Wildman–Crippen LogP) is 3.83. The van der Waals surface area contributed by atoms with Gasteiger partial charge in [0, 0.05) is 25.2 Å². The molecule has 1 saturated carbocycles. The first kappa shape index (κ1) is 15.1. The number of nitrogens with zero attached hydrogens (tertiary/aromatic N) is 1. The number of piperidine rings is 1. The number of likely N-dealkylation sites (tertiary alicyclic amines) is 1. The largest absolute Gasteiger partial charge is 0.314 e. The summed E-state index contributed by atoms with van der Waals surface area (Å²) in [5.74, 6) is 0.997. The van der Waals surface area contributed by atoms with Crippen LogP contribution in [0.4, 0.5) is 0 Å². The molecule has 1 saturated heterocycles. The van der Waals surface area contributed by atoms with Gasteiger partial charge in [-0.3, -0.25) is 4.90 Å². The third-order valence-electron chi connectivity index (χ3n) is 5.35. The van der Waals surface area contributed by atoms with Crippen LogP contribution in [0.3, 0.4) is 0 Å². The van der Waals surface area contributed by atoms with Gasteiger partial charge in [-0.2, -0.15) is 0 Å². The molecule has 2 aliphatic rings. The second kappa shape index (κ2) is 6.50. The molecular weight excluding hydrogens is 256 g/mol. The third kappa shape index (κ3) is 3.87. The number of hydrogen-bond acceptors (Lipinski definition) is 2. The van der Waals surface area contributed by atoms with E-state index in [1.165, 1.54) is 62.0 Å². The fourth-order valence-corrected chi connectivity index (χ4v) is 3.55. The molecule has 3 rings (SSSR count). The van der Waals surface area contributed by atoms with Crippen LogP contribution < -0.4 is 5.32 Å². The van der Waals surface area contributed by atoms with Crippen molar-refractivity contribution in [1.82, 2.24) is 10.2 Å². The van der Waals surface area contributed by atoms with Crippen molar-refractivity contribution in [3.05, 3.63) is 34.9 Å². The molecule has 2 fully saturated rings. The van der Waals surface area contributed by atoms with Gasteiger partial charge in [0.05, 0.1) is 0 Å². The first-order valence-corrected chi connectivity index (χ1v) is 8.68. The summed E-state index contributed by atoms with van der Waals surface area (Å²) in [6.45, 7) is 10.5. The van der Waals surface area contributed by atoms with Crippen molar-refractivity contribution < 1.29 is 0 Å². The number of aryl methyl sites for hydroxylation is 2. The summed E-state index contributed by atoms with van der Waals surface area (Å²) in [5.41, 5.74) is 4.32. The van der Waals surface area contributed by atoms with Crippen LogP contribution in [0, 0.1) is 19.8 Å². The summed E-state index contributed by atoms with van der Waals surface area (Å²) < 4.78 is 0. The zero-order chi connectivity index (χ0) is 14.8. The van der Waals surface area contributed by atoms with E-state index in [1.807, 2.05) is 0 Å². The Morgan fingerprint density at radius 2 is 1.86 bits per heavy atom. The lowest BCUT2D eigenvalue weighted by molar-refractivity contribution is 0.152. The molecule has 2 nitrogen and oxygen atoms in total. The summed E-state index contributed by atoms with van der Waals surface area (Å²) in [5, 5.41) is 3.78. The maximum absolute atomic E-state index is 3.78. The van der Waals surface area contributed by atoms with Crippen molar-refractivity contribution >= 4 is 0 Å². The molecule has 0 aromatic heterocycles. The van der Waals surface area contributed by atoms with E-state index in [2.05, 4.69) is 49.2 Å². The third-order valence-corrected chi connectivity index (χ3v) is 5.35. The van der Waals surface area contributed by atoms with Crippen LogP contribution in [-0.4, -0.2) is 30.6 Å². The van der Waals surface area contributed by atoms with Gasteiger partial charge in [-0.1, -0.05) is 23.8 Å². The number of benzene rings is 1. The minimum atomic E-state index is 0.550. The normalized spacial score (nSPS) is 22.4. The van der Waals surface area contributed by atoms with E-state index in [1.54, 1.807) is 0 Å². The Bertz CT molecular complexity index is 470. The number of rotatable bonds is 5. The highest BCUT2D eigenvalue weighted by atomic mass is 15.2. The van der Waals surface area contributed by atoms with Gasteiger partial charge in [-0.15, -0.1) is 0 Å². The van der Waals surface area contributed by atoms with Crippen LogP contribution in [-0.2, 0) is 0 Å². The van der Waals surface area contributed by atoms with E-state index < -0.39 is 0 Å². The zero-order valence-corrected chi connectivity index (χ0v) is 13.9. The predicted molar refractivity (Wildman–Crippen MR) is 89.7 cm³/mol. The molecule has 0 amide bonds. The van der Waals surface area contributed by atoms with Crippen molar-refractivity contribution in [2.24, 2.45) is 5.92 Å². The zero-order valence-electron chi connectivity index (χ0n) is 13.9. The molecule has 1 N–H and O–H groups in total. The molecule has 1 unspecified atom stereocenters. The van der Waals surface area contributed by atoms with Gasteiger partial charge in [0.2, 0.25) is 0 Å². The molecule has 1 aliphatic carbocycles. The Hall–Kier alpha value is -0.860. The Morgan fingerprint density at radius 3 is 2.52 bits per heavy atom. The second-order valence-corrected chi connectivity index (χ2v) is 7.20. The minimum Gasteiger partial charge on any atom is -0.314 e. The molecule has 1 aromatic carbocycles. The van der Waals surface area contributed by atoms with Gasteiger partial charge in [0.25, 0.3) is 0 Å². The summed E-state index contributed by atoms with van der Waals surface area (Å²) >= 11 is 0. The van der Waals surface area contributed by atoms with E-state index in [4.69, 9.17) is 0 Å². The Morgan fingerprint density at radius 1 is 1.14 bits per heavy atom. The van der Waals surface area contributed by atoms with Gasteiger partial charge in [0.1, 0.15) is 0 Å². The van der Waals surface area contributed by atoms with E-state index in [9.17, 15) is 0 Å². The molecule has 1 aromatic rings. The maximum Gasteiger partial charge on any atom is 0.0322 e. The van der Waals surface area contributed by atoms with Gasteiger partial charge >= 0.3 is 0 Å². The highest BCUT2D eigenvalue weighted by Crippen LogP contribution is 2.29. The molecule has 0 bridgehead atoms. The maximum atomic E-state index is 3.78. The van der Waals surface area contributed by atoms with Crippen LogP contribution in [0.1, 0.15) is 55.3 Å². The van der Waals surface area contributed by atoms with E-state index in [0.29, 0.717) is 6.04 Å². The molecule has 1 atom stereocenters. The fraction of sp³-hybridized carbons (Fsp3) is 0.684. The molecule has 0 radical (unpaired) electrons. The lowest BCUT2D eigenvalue weighted by Gasteiger charge is -2.37. The first-order valence-electron chi connectivity index (χ1n) is 8.68. The highest BCUT2D eigenvalue weighted by molar-refractivity contribution is 5.32. The number of nitrogens with one attached hydrogen (secondary N) is 1. The van der Waals surface area contributed by atoms with E-state index >= 15 is 0 Å². The number of hydrogen-bond donors (Lipinski definition) is 1. The molecule has 2 heteroatoms. The Balaban J connectivity index is 1.54. The van der Waals surface area contributed by atoms with E-state index in [-0.39, 0.29) is 0 Å². The molecule has 0 spiro atoms. The Labute approximate surface area is 129 Å². The van der Waals surface area contributed by atoms with Crippen LogP contribution in [0.2, 0.25) is 0 Å². The standard InChI is InChI=1S/C19H30N2/c1-14-4-5-15(2)19(12-14)16(3)21-10-8-18(9-11-21)20-13-17-6-7-17/h4-5,12,16-18,20H,6-11,13H2,1-3H3.